The fraction of sp³-hybridized carbons (Fsp3) is 0.733. The number of carbonyl (C=O) groups is 1. The lowest BCUT2D eigenvalue weighted by molar-refractivity contribution is 0.0224. The van der Waals surface area contributed by atoms with Crippen molar-refractivity contribution in [3.8, 4) is 0 Å². The van der Waals surface area contributed by atoms with E-state index in [1.807, 2.05) is 0 Å². The Bertz CT molecular complexity index is 499. The van der Waals surface area contributed by atoms with Gasteiger partial charge in [0.1, 0.15) is 5.69 Å². The smallest absolute Gasteiger partial charge is 0.354 e. The molecule has 0 bridgehead atoms. The fourth-order valence-electron chi connectivity index (χ4n) is 3.45. The monoisotopic (exact) mass is 308 g/mol. The summed E-state index contributed by atoms with van der Waals surface area (Å²) in [6.45, 7) is 7.59. The van der Waals surface area contributed by atoms with Gasteiger partial charge in [-0.25, -0.2) is 4.79 Å². The zero-order valence-corrected chi connectivity index (χ0v) is 12.8. The number of ether oxygens (including phenoxy) is 1. The Balaban J connectivity index is 1.53. The van der Waals surface area contributed by atoms with Crippen LogP contribution in [0.3, 0.4) is 0 Å². The van der Waals surface area contributed by atoms with Crippen LogP contribution in [0.25, 0.3) is 0 Å². The third kappa shape index (κ3) is 3.85. The van der Waals surface area contributed by atoms with Crippen LogP contribution >= 0.6 is 0 Å². The topological polar surface area (TPSA) is 81.7 Å². The van der Waals surface area contributed by atoms with Crippen molar-refractivity contribution >= 4 is 5.97 Å². The zero-order valence-electron chi connectivity index (χ0n) is 12.8. The molecule has 1 aromatic rings. The second-order valence-electron chi connectivity index (χ2n) is 6.23. The van der Waals surface area contributed by atoms with Gasteiger partial charge < -0.3 is 9.84 Å². The van der Waals surface area contributed by atoms with Gasteiger partial charge in [0.05, 0.1) is 19.4 Å². The molecule has 3 rings (SSSR count). The normalized spacial score (nSPS) is 24.5. The number of carboxylic acids is 1. The molecule has 0 aromatic carbocycles. The summed E-state index contributed by atoms with van der Waals surface area (Å²) in [6.07, 6.45) is 4.06. The van der Waals surface area contributed by atoms with Crippen molar-refractivity contribution in [3.05, 3.63) is 17.5 Å². The van der Waals surface area contributed by atoms with Crippen LogP contribution in [-0.4, -0.2) is 77.0 Å². The number of rotatable bonds is 5. The molecule has 0 aliphatic carbocycles. The summed E-state index contributed by atoms with van der Waals surface area (Å²) in [7, 11) is 0. The Labute approximate surface area is 130 Å². The third-order valence-electron chi connectivity index (χ3n) is 4.55. The highest BCUT2D eigenvalue weighted by Crippen LogP contribution is 2.20. The molecule has 0 saturated carbocycles. The molecule has 0 amide bonds. The Kier molecular flexibility index (Phi) is 5.07. The van der Waals surface area contributed by atoms with E-state index < -0.39 is 5.97 Å². The van der Waals surface area contributed by atoms with Crippen LogP contribution in [0, 0.1) is 5.92 Å². The first-order chi connectivity index (χ1) is 10.7. The van der Waals surface area contributed by atoms with Gasteiger partial charge in [0, 0.05) is 38.3 Å². The maximum atomic E-state index is 11.1. The predicted octanol–water partition coefficient (Wildman–Crippen LogP) is 0.652. The van der Waals surface area contributed by atoms with Crippen LogP contribution in [0.2, 0.25) is 0 Å². The number of H-pyrrole nitrogens is 1. The number of hydrogen-bond donors (Lipinski definition) is 2. The minimum absolute atomic E-state index is 0.218. The number of morpholine rings is 1. The number of piperidine rings is 1. The lowest BCUT2D eigenvalue weighted by Gasteiger charge is -2.36. The Morgan fingerprint density at radius 1 is 1.36 bits per heavy atom. The lowest BCUT2D eigenvalue weighted by atomic mass is 9.96. The minimum atomic E-state index is -0.936. The van der Waals surface area contributed by atoms with Crippen molar-refractivity contribution < 1.29 is 14.6 Å². The molecule has 2 fully saturated rings. The van der Waals surface area contributed by atoms with Crippen LogP contribution in [0.1, 0.15) is 28.9 Å². The third-order valence-corrected chi connectivity index (χ3v) is 4.55. The second kappa shape index (κ2) is 7.21. The van der Waals surface area contributed by atoms with Crippen LogP contribution in [0.5, 0.6) is 0 Å². The van der Waals surface area contributed by atoms with Gasteiger partial charge in [-0.1, -0.05) is 0 Å². The molecule has 0 radical (unpaired) electrons. The molecule has 1 atom stereocenters. The first-order valence-corrected chi connectivity index (χ1v) is 8.00. The van der Waals surface area contributed by atoms with Crippen LogP contribution in [-0.2, 0) is 11.3 Å². The molecule has 0 spiro atoms. The summed E-state index contributed by atoms with van der Waals surface area (Å²) in [5.74, 6) is -0.276. The highest BCUT2D eigenvalue weighted by atomic mass is 16.5. The van der Waals surface area contributed by atoms with E-state index in [4.69, 9.17) is 9.84 Å². The number of carboxylic acid groups (broad SMARTS) is 1. The Morgan fingerprint density at radius 3 is 2.95 bits per heavy atom. The Morgan fingerprint density at radius 2 is 2.18 bits per heavy atom. The van der Waals surface area contributed by atoms with E-state index in [1.54, 1.807) is 6.20 Å². The van der Waals surface area contributed by atoms with Crippen LogP contribution in [0.4, 0.5) is 0 Å². The molecule has 22 heavy (non-hydrogen) atoms. The van der Waals surface area contributed by atoms with E-state index in [0.29, 0.717) is 12.5 Å². The molecule has 1 aromatic heterocycles. The van der Waals surface area contributed by atoms with Crippen molar-refractivity contribution in [1.82, 2.24) is 20.0 Å². The number of aromatic carboxylic acids is 1. The van der Waals surface area contributed by atoms with Gasteiger partial charge in [0.2, 0.25) is 0 Å². The molecule has 122 valence electrons. The van der Waals surface area contributed by atoms with Gasteiger partial charge in [-0.15, -0.1) is 0 Å². The molecule has 3 heterocycles. The number of likely N-dealkylation sites (tertiary alicyclic amines) is 1. The summed E-state index contributed by atoms with van der Waals surface area (Å²) in [5, 5.41) is 15.6. The van der Waals surface area contributed by atoms with Crippen molar-refractivity contribution in [3.63, 3.8) is 0 Å². The molecule has 7 nitrogen and oxygen atoms in total. The average Bonchev–Trinajstić information content (AvgIpc) is 2.97. The molecule has 2 aliphatic heterocycles. The summed E-state index contributed by atoms with van der Waals surface area (Å²) < 4.78 is 5.40. The molecule has 1 unspecified atom stereocenters. The highest BCUT2D eigenvalue weighted by Gasteiger charge is 2.24. The van der Waals surface area contributed by atoms with Gasteiger partial charge in [-0.2, -0.15) is 5.10 Å². The van der Waals surface area contributed by atoms with Gasteiger partial charge in [-0.3, -0.25) is 14.9 Å². The fourth-order valence-corrected chi connectivity index (χ4v) is 3.45. The number of nitrogens with one attached hydrogen (secondary N) is 1. The van der Waals surface area contributed by atoms with Gasteiger partial charge in [-0.05, 0) is 25.3 Å². The maximum Gasteiger partial charge on any atom is 0.354 e. The molecular formula is C15H24N4O3. The van der Waals surface area contributed by atoms with Crippen molar-refractivity contribution in [1.29, 1.82) is 0 Å². The molecule has 7 heteroatoms. The number of aromatic nitrogens is 2. The SMILES string of the molecule is O=C(O)c1[nH]ncc1CN1CCCC(CN2CCOCC2)C1. The molecule has 2 N–H and O–H groups in total. The average molecular weight is 308 g/mol. The maximum absolute atomic E-state index is 11.1. The van der Waals surface area contributed by atoms with Crippen molar-refractivity contribution in [2.45, 2.75) is 19.4 Å². The summed E-state index contributed by atoms with van der Waals surface area (Å²) in [4.78, 5) is 16.0. The van der Waals surface area contributed by atoms with Crippen molar-refractivity contribution in [2.75, 3.05) is 45.9 Å². The standard InChI is InChI=1S/C15H24N4O3/c20-15(21)14-13(8-16-17-14)11-19-3-1-2-12(10-19)9-18-4-6-22-7-5-18/h8,12H,1-7,9-11H2,(H,16,17)(H,20,21). The summed E-state index contributed by atoms with van der Waals surface area (Å²) in [5.41, 5.74) is 0.995. The van der Waals surface area contributed by atoms with E-state index in [9.17, 15) is 4.79 Å². The van der Waals surface area contributed by atoms with Crippen LogP contribution < -0.4 is 0 Å². The van der Waals surface area contributed by atoms with E-state index in [1.165, 1.54) is 12.8 Å². The lowest BCUT2D eigenvalue weighted by Crippen LogP contribution is -2.44. The van der Waals surface area contributed by atoms with Gasteiger partial charge in [0.15, 0.2) is 0 Å². The van der Waals surface area contributed by atoms with Crippen LogP contribution in [0.15, 0.2) is 6.20 Å². The van der Waals surface area contributed by atoms with Gasteiger partial charge in [0.25, 0.3) is 0 Å². The number of nitrogens with zero attached hydrogens (tertiary/aromatic N) is 3. The molecule has 2 aliphatic rings. The summed E-state index contributed by atoms with van der Waals surface area (Å²) in [6, 6.07) is 0. The second-order valence-corrected chi connectivity index (χ2v) is 6.23. The molecular weight excluding hydrogens is 284 g/mol. The highest BCUT2D eigenvalue weighted by molar-refractivity contribution is 5.86. The van der Waals surface area contributed by atoms with Gasteiger partial charge >= 0.3 is 5.97 Å². The van der Waals surface area contributed by atoms with E-state index >= 15 is 0 Å². The van der Waals surface area contributed by atoms with E-state index in [2.05, 4.69) is 20.0 Å². The quantitative estimate of drug-likeness (QED) is 0.831. The minimum Gasteiger partial charge on any atom is -0.477 e. The predicted molar refractivity (Wildman–Crippen MR) is 80.8 cm³/mol. The summed E-state index contributed by atoms with van der Waals surface area (Å²) >= 11 is 0. The van der Waals surface area contributed by atoms with Crippen molar-refractivity contribution in [2.24, 2.45) is 5.92 Å². The first kappa shape index (κ1) is 15.5. The number of aromatic amines is 1. The van der Waals surface area contributed by atoms with E-state index in [0.717, 1.165) is 51.5 Å². The Hall–Kier alpha value is -1.44. The zero-order chi connectivity index (χ0) is 15.4. The largest absolute Gasteiger partial charge is 0.477 e. The molecule has 2 saturated heterocycles. The first-order valence-electron chi connectivity index (χ1n) is 8.00. The number of hydrogen-bond acceptors (Lipinski definition) is 5. The van der Waals surface area contributed by atoms with E-state index in [-0.39, 0.29) is 5.69 Å².